The number of pyridine rings is 1. The van der Waals surface area contributed by atoms with Crippen LogP contribution in [-0.4, -0.2) is 37.8 Å². The summed E-state index contributed by atoms with van der Waals surface area (Å²) >= 11 is -0.275. The second kappa shape index (κ2) is 7.97. The smallest absolute Gasteiger partial charge is 0.313 e. The molecule has 21 heavy (non-hydrogen) atoms. The Balaban J connectivity index is 2.54. The Morgan fingerprint density at radius 3 is 2.57 bits per heavy atom. The van der Waals surface area contributed by atoms with Crippen molar-refractivity contribution in [3.63, 3.8) is 0 Å². The lowest BCUT2D eigenvalue weighted by Gasteiger charge is -2.08. The summed E-state index contributed by atoms with van der Waals surface area (Å²) in [7, 11) is -3.88. The minimum Gasteiger partial charge on any atom is -0.313 e. The van der Waals surface area contributed by atoms with Gasteiger partial charge in [-0.1, -0.05) is 13.0 Å². The summed E-state index contributed by atoms with van der Waals surface area (Å²) in [6.07, 6.45) is 1.42. The molecule has 0 fully saturated rings. The molecule has 10 heteroatoms. The average molecular weight is 343 g/mol. The summed E-state index contributed by atoms with van der Waals surface area (Å²) in [5, 5.41) is 2.86. The third-order valence-corrected chi connectivity index (χ3v) is 4.42. The van der Waals surface area contributed by atoms with Crippen molar-refractivity contribution in [2.75, 3.05) is 18.8 Å². The highest BCUT2D eigenvalue weighted by Gasteiger charge is 2.27. The molecule has 2 N–H and O–H groups in total. The van der Waals surface area contributed by atoms with E-state index in [1.54, 1.807) is 6.07 Å². The number of alkyl halides is 3. The van der Waals surface area contributed by atoms with Crippen molar-refractivity contribution in [1.82, 2.24) is 15.0 Å². The maximum absolute atomic E-state index is 11.9. The first kappa shape index (κ1) is 18.2. The molecule has 0 radical (unpaired) electrons. The van der Waals surface area contributed by atoms with E-state index in [1.807, 2.05) is 6.92 Å². The van der Waals surface area contributed by atoms with Gasteiger partial charge >= 0.3 is 5.51 Å². The van der Waals surface area contributed by atoms with Gasteiger partial charge in [0.05, 0.1) is 0 Å². The minimum atomic E-state index is -4.36. The minimum absolute atomic E-state index is 0.209. The zero-order valence-corrected chi connectivity index (χ0v) is 12.9. The third-order valence-electron chi connectivity index (χ3n) is 2.31. The summed E-state index contributed by atoms with van der Waals surface area (Å²) in [5.74, 6) is -0.388. The Kier molecular flexibility index (Phi) is 6.91. The first-order valence-corrected chi connectivity index (χ1v) is 8.57. The zero-order chi connectivity index (χ0) is 15.9. The Morgan fingerprint density at radius 1 is 1.33 bits per heavy atom. The first-order valence-electron chi connectivity index (χ1n) is 6.10. The van der Waals surface area contributed by atoms with E-state index in [0.717, 1.165) is 12.1 Å². The van der Waals surface area contributed by atoms with Crippen molar-refractivity contribution >= 4 is 21.8 Å². The van der Waals surface area contributed by atoms with Gasteiger partial charge < -0.3 is 5.32 Å². The SMILES string of the molecule is CCNCc1ccc(S(=O)(=O)NCCSC(F)(F)F)nc1. The van der Waals surface area contributed by atoms with Gasteiger partial charge in [0.15, 0.2) is 5.03 Å². The van der Waals surface area contributed by atoms with Gasteiger partial charge in [0.25, 0.3) is 10.0 Å². The van der Waals surface area contributed by atoms with Crippen LogP contribution in [0.2, 0.25) is 0 Å². The molecule has 0 amide bonds. The van der Waals surface area contributed by atoms with Crippen molar-refractivity contribution in [3.05, 3.63) is 23.9 Å². The van der Waals surface area contributed by atoms with E-state index in [1.165, 1.54) is 12.3 Å². The third kappa shape index (κ3) is 7.11. The normalized spacial score (nSPS) is 12.6. The molecule has 0 spiro atoms. The second-order valence-electron chi connectivity index (χ2n) is 3.98. The number of thioether (sulfide) groups is 1. The summed E-state index contributed by atoms with van der Waals surface area (Å²) in [5.41, 5.74) is -3.54. The lowest BCUT2D eigenvalue weighted by atomic mass is 10.3. The fraction of sp³-hybridized carbons (Fsp3) is 0.545. The summed E-state index contributed by atoms with van der Waals surface area (Å²) in [6.45, 7) is 2.97. The Labute approximate surface area is 125 Å². The monoisotopic (exact) mass is 343 g/mol. The molecular weight excluding hydrogens is 327 g/mol. The topological polar surface area (TPSA) is 71.1 Å². The van der Waals surface area contributed by atoms with E-state index in [4.69, 9.17) is 0 Å². The van der Waals surface area contributed by atoms with Gasteiger partial charge in [-0.2, -0.15) is 13.2 Å². The number of nitrogens with zero attached hydrogens (tertiary/aromatic N) is 1. The van der Waals surface area contributed by atoms with Crippen molar-refractivity contribution in [2.45, 2.75) is 24.0 Å². The fourth-order valence-corrected chi connectivity index (χ4v) is 2.88. The molecule has 0 unspecified atom stereocenters. The molecule has 0 aliphatic carbocycles. The van der Waals surface area contributed by atoms with Crippen LogP contribution in [0.1, 0.15) is 12.5 Å². The summed E-state index contributed by atoms with van der Waals surface area (Å²) < 4.78 is 61.4. The molecule has 1 heterocycles. The number of halogens is 3. The Morgan fingerprint density at radius 2 is 2.05 bits per heavy atom. The molecule has 1 aromatic rings. The summed E-state index contributed by atoms with van der Waals surface area (Å²) in [4.78, 5) is 3.81. The lowest BCUT2D eigenvalue weighted by molar-refractivity contribution is -0.0327. The lowest BCUT2D eigenvalue weighted by Crippen LogP contribution is -2.27. The molecule has 1 rings (SSSR count). The van der Waals surface area contributed by atoms with Gasteiger partial charge in [0.1, 0.15) is 0 Å². The van der Waals surface area contributed by atoms with Crippen molar-refractivity contribution in [2.24, 2.45) is 0 Å². The van der Waals surface area contributed by atoms with E-state index >= 15 is 0 Å². The molecule has 120 valence electrons. The van der Waals surface area contributed by atoms with Crippen LogP contribution in [0.3, 0.4) is 0 Å². The van der Waals surface area contributed by atoms with Gasteiger partial charge in [-0.3, -0.25) is 0 Å². The van der Waals surface area contributed by atoms with Crippen LogP contribution in [0.25, 0.3) is 0 Å². The predicted molar refractivity (Wildman–Crippen MR) is 75.3 cm³/mol. The number of rotatable bonds is 8. The predicted octanol–water partition coefficient (Wildman–Crippen LogP) is 1.72. The van der Waals surface area contributed by atoms with Gasteiger partial charge in [0, 0.05) is 25.0 Å². The van der Waals surface area contributed by atoms with E-state index in [9.17, 15) is 21.6 Å². The highest BCUT2D eigenvalue weighted by molar-refractivity contribution is 8.00. The molecule has 0 aliphatic rings. The number of aromatic nitrogens is 1. The number of hydrogen-bond donors (Lipinski definition) is 2. The van der Waals surface area contributed by atoms with E-state index in [0.29, 0.717) is 6.54 Å². The Bertz CT molecular complexity index is 533. The number of nitrogens with one attached hydrogen (secondary N) is 2. The van der Waals surface area contributed by atoms with Crippen molar-refractivity contribution in [1.29, 1.82) is 0 Å². The van der Waals surface area contributed by atoms with E-state index in [-0.39, 0.29) is 29.1 Å². The molecule has 0 atom stereocenters. The van der Waals surface area contributed by atoms with Crippen LogP contribution in [-0.2, 0) is 16.6 Å². The molecule has 0 aromatic carbocycles. The van der Waals surface area contributed by atoms with Crippen LogP contribution in [0.4, 0.5) is 13.2 Å². The largest absolute Gasteiger partial charge is 0.441 e. The van der Waals surface area contributed by atoms with Gasteiger partial charge in [0.2, 0.25) is 0 Å². The highest BCUT2D eigenvalue weighted by atomic mass is 32.2. The molecule has 0 aliphatic heterocycles. The maximum Gasteiger partial charge on any atom is 0.441 e. The average Bonchev–Trinajstić information content (AvgIpc) is 2.41. The first-order chi connectivity index (χ1) is 9.74. The highest BCUT2D eigenvalue weighted by Crippen LogP contribution is 2.29. The number of sulfonamides is 1. The molecule has 0 bridgehead atoms. The zero-order valence-electron chi connectivity index (χ0n) is 11.3. The molecular formula is C11H16F3N3O2S2. The molecule has 5 nitrogen and oxygen atoms in total. The second-order valence-corrected chi connectivity index (χ2v) is 6.85. The van der Waals surface area contributed by atoms with Crippen LogP contribution < -0.4 is 10.0 Å². The van der Waals surface area contributed by atoms with Crippen LogP contribution in [0.15, 0.2) is 23.4 Å². The molecule has 0 saturated carbocycles. The summed E-state index contributed by atoms with van der Waals surface area (Å²) in [6, 6.07) is 2.93. The van der Waals surface area contributed by atoms with Crippen LogP contribution in [0, 0.1) is 0 Å². The molecule has 1 aromatic heterocycles. The molecule has 0 saturated heterocycles. The van der Waals surface area contributed by atoms with Crippen LogP contribution in [0.5, 0.6) is 0 Å². The van der Waals surface area contributed by atoms with Crippen molar-refractivity contribution < 1.29 is 21.6 Å². The van der Waals surface area contributed by atoms with Crippen molar-refractivity contribution in [3.8, 4) is 0 Å². The number of hydrogen-bond acceptors (Lipinski definition) is 5. The maximum atomic E-state index is 11.9. The van der Waals surface area contributed by atoms with Gasteiger partial charge in [-0.15, -0.1) is 0 Å². The van der Waals surface area contributed by atoms with Gasteiger partial charge in [-0.25, -0.2) is 18.1 Å². The fourth-order valence-electron chi connectivity index (χ4n) is 1.36. The standard InChI is InChI=1S/C11H16F3N3O2S2/c1-2-15-7-9-3-4-10(16-8-9)21(18,19)17-5-6-20-11(12,13)14/h3-4,8,15,17H,2,5-7H2,1H3. The van der Waals surface area contributed by atoms with Gasteiger partial charge in [-0.05, 0) is 29.9 Å². The van der Waals surface area contributed by atoms with Crippen LogP contribution >= 0.6 is 11.8 Å². The van der Waals surface area contributed by atoms with E-state index in [2.05, 4.69) is 15.0 Å². The van der Waals surface area contributed by atoms with E-state index < -0.39 is 15.5 Å². The Hall–Kier alpha value is -0.840. The quantitative estimate of drug-likeness (QED) is 0.704.